The third-order valence-electron chi connectivity index (χ3n) is 4.74. The molecule has 1 fully saturated rings. The molecule has 0 unspecified atom stereocenters. The van der Waals surface area contributed by atoms with Gasteiger partial charge in [-0.05, 0) is 62.6 Å². The van der Waals surface area contributed by atoms with Crippen molar-refractivity contribution in [2.24, 2.45) is 5.41 Å². The highest BCUT2D eigenvalue weighted by atomic mass is 32.1. The molecule has 0 radical (unpaired) electrons. The molecule has 1 N–H and O–H groups in total. The van der Waals surface area contributed by atoms with E-state index in [0.717, 1.165) is 44.5 Å². The molecule has 0 spiro atoms. The van der Waals surface area contributed by atoms with Gasteiger partial charge in [-0.25, -0.2) is 4.39 Å². The second-order valence-electron chi connectivity index (χ2n) is 6.79. The summed E-state index contributed by atoms with van der Waals surface area (Å²) in [6.07, 6.45) is 2.94. The Bertz CT molecular complexity index is 639. The third kappa shape index (κ3) is 4.19. The predicted molar refractivity (Wildman–Crippen MR) is 93.2 cm³/mol. The van der Waals surface area contributed by atoms with E-state index in [1.807, 2.05) is 23.5 Å². The molecular weight excluding hydrogens is 309 g/mol. The van der Waals surface area contributed by atoms with Crippen molar-refractivity contribution in [2.75, 3.05) is 19.7 Å². The van der Waals surface area contributed by atoms with E-state index in [-0.39, 0.29) is 17.8 Å². The fraction of sp³-hybridized carbons (Fsp3) is 0.474. The van der Waals surface area contributed by atoms with Gasteiger partial charge in [0.25, 0.3) is 0 Å². The van der Waals surface area contributed by atoms with Crippen LogP contribution in [0.4, 0.5) is 4.39 Å². The first-order valence-corrected chi connectivity index (χ1v) is 9.03. The Labute approximate surface area is 141 Å². The van der Waals surface area contributed by atoms with Gasteiger partial charge in [0.05, 0.1) is 6.61 Å². The maximum absolute atomic E-state index is 13.1. The zero-order valence-corrected chi connectivity index (χ0v) is 14.4. The molecule has 0 aliphatic carbocycles. The molecule has 2 nitrogen and oxygen atoms in total. The number of aryl methyl sites for hydroxylation is 1. The molecule has 3 rings (SSSR count). The molecule has 1 aliphatic rings. The van der Waals surface area contributed by atoms with Crippen LogP contribution in [-0.4, -0.2) is 29.7 Å². The zero-order chi connectivity index (χ0) is 16.3. The number of aliphatic hydroxyl groups excluding tert-OH is 1. The van der Waals surface area contributed by atoms with Gasteiger partial charge in [-0.3, -0.25) is 4.90 Å². The van der Waals surface area contributed by atoms with Gasteiger partial charge in [0.15, 0.2) is 0 Å². The van der Waals surface area contributed by atoms with Crippen LogP contribution in [0.15, 0.2) is 36.4 Å². The highest BCUT2D eigenvalue weighted by Gasteiger charge is 2.35. The number of halogens is 1. The highest BCUT2D eigenvalue weighted by molar-refractivity contribution is 7.11. The molecule has 1 aromatic heterocycles. The van der Waals surface area contributed by atoms with Gasteiger partial charge in [0.2, 0.25) is 0 Å². The topological polar surface area (TPSA) is 23.5 Å². The number of rotatable bonds is 5. The summed E-state index contributed by atoms with van der Waals surface area (Å²) < 4.78 is 13.1. The summed E-state index contributed by atoms with van der Waals surface area (Å²) in [6, 6.07) is 11.1. The lowest BCUT2D eigenvalue weighted by molar-refractivity contribution is 0.0293. The lowest BCUT2D eigenvalue weighted by Gasteiger charge is -2.42. The minimum Gasteiger partial charge on any atom is -0.396 e. The van der Waals surface area contributed by atoms with Gasteiger partial charge in [-0.2, -0.15) is 0 Å². The summed E-state index contributed by atoms with van der Waals surface area (Å²) in [5.74, 6) is -0.204. The fourth-order valence-electron chi connectivity index (χ4n) is 3.60. The minimum atomic E-state index is -0.204. The quantitative estimate of drug-likeness (QED) is 0.893. The Morgan fingerprint density at radius 2 is 2.00 bits per heavy atom. The molecule has 1 aliphatic heterocycles. The van der Waals surface area contributed by atoms with Crippen LogP contribution in [0.1, 0.15) is 28.2 Å². The van der Waals surface area contributed by atoms with E-state index in [4.69, 9.17) is 0 Å². The molecule has 1 atom stereocenters. The van der Waals surface area contributed by atoms with Crippen LogP contribution >= 0.6 is 11.3 Å². The van der Waals surface area contributed by atoms with Crippen LogP contribution in [0.25, 0.3) is 0 Å². The number of piperidine rings is 1. The summed E-state index contributed by atoms with van der Waals surface area (Å²) >= 11 is 1.85. The molecule has 124 valence electrons. The smallest absolute Gasteiger partial charge is 0.123 e. The number of likely N-dealkylation sites (tertiary alicyclic amines) is 1. The molecular formula is C19H24FNOS. The second kappa shape index (κ2) is 7.12. The molecule has 0 amide bonds. The standard InChI is InChI=1S/C19H24FNOS/c1-15-3-8-18(23-15)12-21-10-2-9-19(13-21,14-22)11-16-4-6-17(20)7-5-16/h3-8,22H,2,9-14H2,1H3/t19-/m1/s1. The van der Waals surface area contributed by atoms with E-state index in [1.54, 1.807) is 0 Å². The first-order chi connectivity index (χ1) is 11.1. The molecule has 1 saturated heterocycles. The third-order valence-corrected chi connectivity index (χ3v) is 5.73. The zero-order valence-electron chi connectivity index (χ0n) is 13.6. The molecule has 1 aromatic carbocycles. The normalized spacial score (nSPS) is 22.4. The minimum absolute atomic E-state index is 0.109. The van der Waals surface area contributed by atoms with Crippen LogP contribution in [0, 0.1) is 18.2 Å². The first-order valence-electron chi connectivity index (χ1n) is 8.22. The lowest BCUT2D eigenvalue weighted by atomic mass is 9.75. The Balaban J connectivity index is 1.69. The van der Waals surface area contributed by atoms with Crippen molar-refractivity contribution >= 4 is 11.3 Å². The first kappa shape index (κ1) is 16.6. The van der Waals surface area contributed by atoms with Crippen molar-refractivity contribution in [1.29, 1.82) is 0 Å². The number of hydrogen-bond donors (Lipinski definition) is 1. The maximum atomic E-state index is 13.1. The lowest BCUT2D eigenvalue weighted by Crippen LogP contribution is -2.46. The van der Waals surface area contributed by atoms with E-state index in [1.165, 1.54) is 21.9 Å². The second-order valence-corrected chi connectivity index (χ2v) is 8.16. The Hall–Kier alpha value is -1.23. The monoisotopic (exact) mass is 333 g/mol. The Kier molecular flexibility index (Phi) is 5.14. The van der Waals surface area contributed by atoms with E-state index in [0.29, 0.717) is 0 Å². The van der Waals surface area contributed by atoms with Crippen molar-refractivity contribution in [2.45, 2.75) is 32.7 Å². The van der Waals surface area contributed by atoms with Gasteiger partial charge in [-0.1, -0.05) is 12.1 Å². The van der Waals surface area contributed by atoms with E-state index in [2.05, 4.69) is 24.0 Å². The average Bonchev–Trinajstić information content (AvgIpc) is 2.95. The van der Waals surface area contributed by atoms with Crippen LogP contribution in [0.5, 0.6) is 0 Å². The summed E-state index contributed by atoms with van der Waals surface area (Å²) in [5, 5.41) is 10.0. The van der Waals surface area contributed by atoms with Gasteiger partial charge >= 0.3 is 0 Å². The van der Waals surface area contributed by atoms with Crippen LogP contribution in [-0.2, 0) is 13.0 Å². The largest absolute Gasteiger partial charge is 0.396 e. The van der Waals surface area contributed by atoms with Crippen molar-refractivity contribution < 1.29 is 9.50 Å². The summed E-state index contributed by atoms with van der Waals surface area (Å²) in [7, 11) is 0. The van der Waals surface area contributed by atoms with Gasteiger partial charge in [-0.15, -0.1) is 11.3 Å². The summed E-state index contributed by atoms with van der Waals surface area (Å²) in [4.78, 5) is 5.18. The summed E-state index contributed by atoms with van der Waals surface area (Å²) in [5.41, 5.74) is 0.997. The Morgan fingerprint density at radius 3 is 2.65 bits per heavy atom. The molecule has 0 bridgehead atoms. The molecule has 4 heteroatoms. The number of thiophene rings is 1. The number of hydrogen-bond acceptors (Lipinski definition) is 3. The van der Waals surface area contributed by atoms with Gasteiger partial charge in [0.1, 0.15) is 5.82 Å². The Morgan fingerprint density at radius 1 is 1.22 bits per heavy atom. The summed E-state index contributed by atoms with van der Waals surface area (Å²) in [6.45, 7) is 5.27. The van der Waals surface area contributed by atoms with Gasteiger partial charge in [0, 0.05) is 28.3 Å². The van der Waals surface area contributed by atoms with E-state index < -0.39 is 0 Å². The molecule has 2 heterocycles. The maximum Gasteiger partial charge on any atom is 0.123 e. The highest BCUT2D eigenvalue weighted by Crippen LogP contribution is 2.34. The number of nitrogens with zero attached hydrogens (tertiary/aromatic N) is 1. The van der Waals surface area contributed by atoms with Crippen LogP contribution in [0.2, 0.25) is 0 Å². The molecule has 0 saturated carbocycles. The molecule has 23 heavy (non-hydrogen) atoms. The predicted octanol–water partition coefficient (Wildman–Crippen LogP) is 4.01. The van der Waals surface area contributed by atoms with Crippen LogP contribution in [0.3, 0.4) is 0 Å². The van der Waals surface area contributed by atoms with Crippen molar-refractivity contribution in [3.63, 3.8) is 0 Å². The van der Waals surface area contributed by atoms with Crippen molar-refractivity contribution in [1.82, 2.24) is 4.90 Å². The SMILES string of the molecule is Cc1ccc(CN2CCC[C@@](CO)(Cc3ccc(F)cc3)C2)s1. The van der Waals surface area contributed by atoms with E-state index >= 15 is 0 Å². The average molecular weight is 333 g/mol. The molecule has 2 aromatic rings. The van der Waals surface area contributed by atoms with Crippen molar-refractivity contribution in [3.05, 3.63) is 57.5 Å². The van der Waals surface area contributed by atoms with E-state index in [9.17, 15) is 9.50 Å². The van der Waals surface area contributed by atoms with Gasteiger partial charge < -0.3 is 5.11 Å². The number of benzene rings is 1. The fourth-order valence-corrected chi connectivity index (χ4v) is 4.53. The van der Waals surface area contributed by atoms with Crippen molar-refractivity contribution in [3.8, 4) is 0 Å². The number of aliphatic hydroxyl groups is 1. The van der Waals surface area contributed by atoms with Crippen LogP contribution < -0.4 is 0 Å².